The number of aromatic nitrogens is 1. The highest BCUT2D eigenvalue weighted by atomic mass is 35.5. The van der Waals surface area contributed by atoms with Crippen LogP contribution in [0.15, 0.2) is 66.2 Å². The molecule has 3 aromatic rings. The number of nitrogens with zero attached hydrogens (tertiary/aromatic N) is 2. The van der Waals surface area contributed by atoms with E-state index in [0.717, 1.165) is 30.6 Å². The number of hydrogen-bond acceptors (Lipinski definition) is 4. The molecule has 5 nitrogen and oxygen atoms in total. The minimum absolute atomic E-state index is 0.140. The minimum Gasteiger partial charge on any atom is -0.351 e. The Bertz CT molecular complexity index is 1000. The Morgan fingerprint density at radius 2 is 1.81 bits per heavy atom. The first-order chi connectivity index (χ1) is 15.1. The van der Waals surface area contributed by atoms with Crippen LogP contribution in [0.3, 0.4) is 0 Å². The van der Waals surface area contributed by atoms with E-state index in [1.807, 2.05) is 17.5 Å². The van der Waals surface area contributed by atoms with Crippen molar-refractivity contribution in [1.82, 2.24) is 10.3 Å². The number of amides is 2. The van der Waals surface area contributed by atoms with E-state index in [1.165, 1.54) is 22.7 Å². The van der Waals surface area contributed by atoms with Crippen LogP contribution in [-0.2, 0) is 4.79 Å². The first kappa shape index (κ1) is 21.5. The van der Waals surface area contributed by atoms with Crippen LogP contribution < -0.4 is 10.2 Å². The Kier molecular flexibility index (Phi) is 6.99. The molecule has 1 fully saturated rings. The number of carbonyl (C=O) groups excluding carboxylic acids is 2. The molecule has 1 N–H and O–H groups in total. The van der Waals surface area contributed by atoms with Gasteiger partial charge in [-0.1, -0.05) is 43.0 Å². The van der Waals surface area contributed by atoms with E-state index in [2.05, 4.69) is 10.3 Å². The SMILES string of the molecule is O=C(NC1CCCCC1)C(c1cccs1)N(C(=O)c1ccccn1)c1ccc(Cl)cc1. The van der Waals surface area contributed by atoms with Crippen molar-refractivity contribution in [1.29, 1.82) is 0 Å². The lowest BCUT2D eigenvalue weighted by Crippen LogP contribution is -2.47. The summed E-state index contributed by atoms with van der Waals surface area (Å²) in [5.74, 6) is -0.506. The minimum atomic E-state index is -0.794. The molecule has 0 bridgehead atoms. The highest BCUT2D eigenvalue weighted by Gasteiger charge is 2.35. The maximum atomic E-state index is 13.6. The molecule has 0 saturated heterocycles. The van der Waals surface area contributed by atoms with Gasteiger partial charge in [-0.25, -0.2) is 0 Å². The summed E-state index contributed by atoms with van der Waals surface area (Å²) in [6, 6.07) is 15.3. The number of carbonyl (C=O) groups is 2. The smallest absolute Gasteiger partial charge is 0.277 e. The van der Waals surface area contributed by atoms with Crippen LogP contribution in [-0.4, -0.2) is 22.8 Å². The van der Waals surface area contributed by atoms with Crippen LogP contribution >= 0.6 is 22.9 Å². The average Bonchev–Trinajstić information content (AvgIpc) is 3.33. The van der Waals surface area contributed by atoms with Crippen LogP contribution in [0.25, 0.3) is 0 Å². The van der Waals surface area contributed by atoms with Crippen LogP contribution in [0.4, 0.5) is 5.69 Å². The Morgan fingerprint density at radius 3 is 2.45 bits per heavy atom. The molecule has 0 spiro atoms. The van der Waals surface area contributed by atoms with E-state index >= 15 is 0 Å². The van der Waals surface area contributed by atoms with Crippen molar-refractivity contribution in [2.75, 3.05) is 4.90 Å². The normalized spacial score (nSPS) is 15.3. The summed E-state index contributed by atoms with van der Waals surface area (Å²) in [5, 5.41) is 5.68. The van der Waals surface area contributed by atoms with Gasteiger partial charge in [0, 0.05) is 27.8 Å². The van der Waals surface area contributed by atoms with Crippen molar-refractivity contribution >= 4 is 40.4 Å². The predicted molar refractivity (Wildman–Crippen MR) is 125 cm³/mol. The fourth-order valence-electron chi connectivity index (χ4n) is 3.95. The molecule has 1 atom stereocenters. The number of anilines is 1. The second kappa shape index (κ2) is 10.1. The number of thiophene rings is 1. The van der Waals surface area contributed by atoms with Crippen molar-refractivity contribution in [3.8, 4) is 0 Å². The lowest BCUT2D eigenvalue weighted by Gasteiger charge is -2.32. The molecule has 2 amide bonds. The van der Waals surface area contributed by atoms with Crippen LogP contribution in [0.2, 0.25) is 5.02 Å². The standard InChI is InChI=1S/C24H24ClN3O2S/c25-17-11-13-19(14-12-17)28(24(30)20-9-4-5-15-26-20)22(21-10-6-16-31-21)23(29)27-18-7-2-1-3-8-18/h4-6,9-16,18,22H,1-3,7-8H2,(H,27,29). The molecule has 4 rings (SSSR count). The molecule has 2 aromatic heterocycles. The Morgan fingerprint density at radius 1 is 1.03 bits per heavy atom. The maximum absolute atomic E-state index is 13.6. The van der Waals surface area contributed by atoms with E-state index in [9.17, 15) is 9.59 Å². The summed E-state index contributed by atoms with van der Waals surface area (Å²) in [6.07, 6.45) is 6.95. The van der Waals surface area contributed by atoms with Gasteiger partial charge in [0.15, 0.2) is 6.04 Å². The van der Waals surface area contributed by atoms with E-state index in [4.69, 9.17) is 11.6 Å². The summed E-state index contributed by atoms with van der Waals surface area (Å²) in [6.45, 7) is 0. The molecule has 1 saturated carbocycles. The number of hydrogen-bond donors (Lipinski definition) is 1. The monoisotopic (exact) mass is 453 g/mol. The maximum Gasteiger partial charge on any atom is 0.277 e. The second-order valence-electron chi connectivity index (χ2n) is 7.63. The fraction of sp³-hybridized carbons (Fsp3) is 0.292. The third-order valence-electron chi connectivity index (χ3n) is 5.48. The highest BCUT2D eigenvalue weighted by Crippen LogP contribution is 2.33. The van der Waals surface area contributed by atoms with Gasteiger partial charge in [-0.2, -0.15) is 0 Å². The van der Waals surface area contributed by atoms with Gasteiger partial charge in [-0.3, -0.25) is 19.5 Å². The molecule has 1 aliphatic carbocycles. The lowest BCUT2D eigenvalue weighted by atomic mass is 9.95. The van der Waals surface area contributed by atoms with Gasteiger partial charge in [0.25, 0.3) is 5.91 Å². The largest absolute Gasteiger partial charge is 0.351 e. The van der Waals surface area contributed by atoms with E-state index in [-0.39, 0.29) is 23.6 Å². The molecule has 0 radical (unpaired) electrons. The molecule has 2 heterocycles. The summed E-state index contributed by atoms with van der Waals surface area (Å²) in [4.78, 5) is 33.8. The molecule has 1 unspecified atom stereocenters. The Balaban J connectivity index is 1.74. The second-order valence-corrected chi connectivity index (χ2v) is 9.04. The third kappa shape index (κ3) is 5.14. The van der Waals surface area contributed by atoms with Crippen molar-refractivity contribution < 1.29 is 9.59 Å². The molecule has 1 aliphatic rings. The summed E-state index contributed by atoms with van der Waals surface area (Å²) in [7, 11) is 0. The predicted octanol–water partition coefficient (Wildman–Crippen LogP) is 5.63. The van der Waals surface area contributed by atoms with Crippen molar-refractivity contribution in [3.63, 3.8) is 0 Å². The number of pyridine rings is 1. The number of halogens is 1. The van der Waals surface area contributed by atoms with Gasteiger partial charge in [-0.15, -0.1) is 11.3 Å². The first-order valence-corrected chi connectivity index (χ1v) is 11.7. The number of benzene rings is 1. The van der Waals surface area contributed by atoms with Gasteiger partial charge in [0.05, 0.1) is 0 Å². The molecule has 0 aliphatic heterocycles. The summed E-state index contributed by atoms with van der Waals surface area (Å²) >= 11 is 7.55. The van der Waals surface area contributed by atoms with Crippen molar-refractivity contribution in [2.45, 2.75) is 44.2 Å². The summed E-state index contributed by atoms with van der Waals surface area (Å²) in [5.41, 5.74) is 0.877. The molecule has 31 heavy (non-hydrogen) atoms. The molecule has 160 valence electrons. The van der Waals surface area contributed by atoms with Gasteiger partial charge in [0.1, 0.15) is 5.69 Å². The Hall–Kier alpha value is -2.70. The summed E-state index contributed by atoms with van der Waals surface area (Å²) < 4.78 is 0. The number of rotatable bonds is 6. The van der Waals surface area contributed by atoms with Gasteiger partial charge in [0.2, 0.25) is 5.91 Å². The third-order valence-corrected chi connectivity index (χ3v) is 6.66. The molecule has 1 aromatic carbocycles. The zero-order valence-corrected chi connectivity index (χ0v) is 18.6. The highest BCUT2D eigenvalue weighted by molar-refractivity contribution is 7.10. The van der Waals surface area contributed by atoms with E-state index in [1.54, 1.807) is 48.7 Å². The van der Waals surface area contributed by atoms with Crippen molar-refractivity contribution in [2.24, 2.45) is 0 Å². The number of nitrogens with one attached hydrogen (secondary N) is 1. The van der Waals surface area contributed by atoms with Crippen LogP contribution in [0.1, 0.15) is 53.5 Å². The van der Waals surface area contributed by atoms with Gasteiger partial charge in [-0.05, 0) is 60.7 Å². The first-order valence-electron chi connectivity index (χ1n) is 10.5. The Labute approximate surface area is 191 Å². The van der Waals surface area contributed by atoms with Crippen LogP contribution in [0, 0.1) is 0 Å². The van der Waals surface area contributed by atoms with Crippen LogP contribution in [0.5, 0.6) is 0 Å². The van der Waals surface area contributed by atoms with Gasteiger partial charge < -0.3 is 5.32 Å². The average molecular weight is 454 g/mol. The van der Waals surface area contributed by atoms with E-state index in [0.29, 0.717) is 10.7 Å². The zero-order chi connectivity index (χ0) is 21.6. The quantitative estimate of drug-likeness (QED) is 0.525. The van der Waals surface area contributed by atoms with Gasteiger partial charge >= 0.3 is 0 Å². The lowest BCUT2D eigenvalue weighted by molar-refractivity contribution is -0.123. The fourth-order valence-corrected chi connectivity index (χ4v) is 4.88. The molecule has 7 heteroatoms. The van der Waals surface area contributed by atoms with Crippen molar-refractivity contribution in [3.05, 3.63) is 81.8 Å². The topological polar surface area (TPSA) is 62.3 Å². The van der Waals surface area contributed by atoms with E-state index < -0.39 is 6.04 Å². The zero-order valence-electron chi connectivity index (χ0n) is 17.0. The molecular weight excluding hydrogens is 430 g/mol. The molecular formula is C24H24ClN3O2S.